The van der Waals surface area contributed by atoms with E-state index in [1.54, 1.807) is 30.5 Å². The first kappa shape index (κ1) is 18.4. The number of primary sulfonamides is 1. The van der Waals surface area contributed by atoms with Crippen molar-refractivity contribution in [2.45, 2.75) is 31.8 Å². The summed E-state index contributed by atoms with van der Waals surface area (Å²) in [6.07, 6.45) is 0. The first-order chi connectivity index (χ1) is 11.3. The summed E-state index contributed by atoms with van der Waals surface area (Å²) in [5, 5.41) is 12.6. The lowest BCUT2D eigenvalue weighted by Gasteiger charge is -2.12. The number of nitrogens with two attached hydrogens (primary N) is 1. The number of hydrogen-bond donors (Lipinski definition) is 3. The van der Waals surface area contributed by atoms with Gasteiger partial charge < -0.3 is 10.6 Å². The molecule has 1 aromatic carbocycles. The van der Waals surface area contributed by atoms with Crippen molar-refractivity contribution in [1.82, 2.24) is 15.6 Å². The molecule has 0 saturated carbocycles. The van der Waals surface area contributed by atoms with E-state index in [9.17, 15) is 8.42 Å². The first-order valence-corrected chi connectivity index (χ1v) is 9.65. The average Bonchev–Trinajstić information content (AvgIpc) is 2.85. The summed E-state index contributed by atoms with van der Waals surface area (Å²) >= 11 is 1.65. The van der Waals surface area contributed by atoms with Gasteiger partial charge in [0.15, 0.2) is 5.96 Å². The molecule has 0 fully saturated rings. The van der Waals surface area contributed by atoms with E-state index < -0.39 is 10.0 Å². The van der Waals surface area contributed by atoms with Crippen LogP contribution in [-0.2, 0) is 23.1 Å². The van der Waals surface area contributed by atoms with E-state index in [1.165, 1.54) is 6.07 Å². The summed E-state index contributed by atoms with van der Waals surface area (Å²) in [5.41, 5.74) is 1.82. The fourth-order valence-electron chi connectivity index (χ4n) is 2.14. The quantitative estimate of drug-likeness (QED) is 0.545. The molecule has 9 heteroatoms. The number of nitrogens with one attached hydrogen (secondary N) is 2. The zero-order valence-electron chi connectivity index (χ0n) is 13.8. The molecule has 0 aliphatic carbocycles. The largest absolute Gasteiger partial charge is 0.352 e. The highest BCUT2D eigenvalue weighted by Crippen LogP contribution is 2.16. The predicted octanol–water partition coefficient (Wildman–Crippen LogP) is 1.27. The Hall–Kier alpha value is -1.97. The van der Waals surface area contributed by atoms with Gasteiger partial charge >= 0.3 is 0 Å². The molecule has 130 valence electrons. The number of hydrogen-bond acceptors (Lipinski definition) is 5. The summed E-state index contributed by atoms with van der Waals surface area (Å²) in [6.45, 7) is 5.03. The fourth-order valence-corrected chi connectivity index (χ4v) is 3.60. The maximum absolute atomic E-state index is 11.4. The molecule has 0 radical (unpaired) electrons. The van der Waals surface area contributed by atoms with Crippen molar-refractivity contribution in [3.63, 3.8) is 0 Å². The van der Waals surface area contributed by atoms with Crippen LogP contribution in [0.4, 0.5) is 0 Å². The molecule has 0 aliphatic heterocycles. The van der Waals surface area contributed by atoms with Crippen molar-refractivity contribution in [2.75, 3.05) is 7.05 Å². The third-order valence-corrected chi connectivity index (χ3v) is 5.31. The number of guanidine groups is 1. The molecule has 0 bridgehead atoms. The Morgan fingerprint density at radius 2 is 2.00 bits per heavy atom. The van der Waals surface area contributed by atoms with E-state index in [0.29, 0.717) is 19.0 Å². The summed E-state index contributed by atoms with van der Waals surface area (Å²) in [4.78, 5) is 9.81. The first-order valence-electron chi connectivity index (χ1n) is 7.29. The molecule has 7 nitrogen and oxygen atoms in total. The molecule has 4 N–H and O–H groups in total. The van der Waals surface area contributed by atoms with E-state index >= 15 is 0 Å². The third-order valence-electron chi connectivity index (χ3n) is 3.33. The number of aliphatic imine (C=N–C) groups is 1. The van der Waals surface area contributed by atoms with Crippen LogP contribution in [0, 0.1) is 13.8 Å². The lowest BCUT2D eigenvalue weighted by atomic mass is 10.2. The molecular weight excluding hydrogens is 346 g/mol. The predicted molar refractivity (Wildman–Crippen MR) is 96.4 cm³/mol. The Balaban J connectivity index is 1.96. The number of benzene rings is 1. The van der Waals surface area contributed by atoms with Crippen molar-refractivity contribution >= 4 is 27.3 Å². The van der Waals surface area contributed by atoms with Crippen LogP contribution in [0.15, 0.2) is 34.2 Å². The molecule has 24 heavy (non-hydrogen) atoms. The van der Waals surface area contributed by atoms with Crippen LogP contribution in [0.25, 0.3) is 0 Å². The van der Waals surface area contributed by atoms with Crippen LogP contribution in [0.2, 0.25) is 0 Å². The van der Waals surface area contributed by atoms with Gasteiger partial charge in [-0.05, 0) is 31.5 Å². The van der Waals surface area contributed by atoms with Gasteiger partial charge in [0.2, 0.25) is 10.0 Å². The molecule has 0 atom stereocenters. The maximum Gasteiger partial charge on any atom is 0.238 e. The lowest BCUT2D eigenvalue weighted by molar-refractivity contribution is 0.597. The number of nitrogens with zero attached hydrogens (tertiary/aromatic N) is 2. The SMILES string of the molecule is CN=C(NCc1cccc(S(N)(=O)=O)c1)NCc1sc(C)nc1C. The van der Waals surface area contributed by atoms with E-state index in [1.807, 2.05) is 19.9 Å². The zero-order valence-corrected chi connectivity index (χ0v) is 15.5. The molecule has 0 aliphatic rings. The van der Waals surface area contributed by atoms with Gasteiger partial charge in [0.1, 0.15) is 0 Å². The highest BCUT2D eigenvalue weighted by molar-refractivity contribution is 7.89. The van der Waals surface area contributed by atoms with Crippen LogP contribution in [0.3, 0.4) is 0 Å². The maximum atomic E-state index is 11.4. The Kier molecular flexibility index (Phi) is 5.92. The van der Waals surface area contributed by atoms with E-state index in [4.69, 9.17) is 5.14 Å². The third kappa shape index (κ3) is 5.02. The van der Waals surface area contributed by atoms with Crippen molar-refractivity contribution < 1.29 is 8.42 Å². The Bertz CT molecular complexity index is 843. The minimum absolute atomic E-state index is 0.0977. The topological polar surface area (TPSA) is 109 Å². The Morgan fingerprint density at radius 3 is 2.58 bits per heavy atom. The van der Waals surface area contributed by atoms with Crippen LogP contribution in [0.1, 0.15) is 21.1 Å². The molecule has 0 saturated heterocycles. The van der Waals surface area contributed by atoms with Crippen LogP contribution in [-0.4, -0.2) is 26.4 Å². The Morgan fingerprint density at radius 1 is 1.29 bits per heavy atom. The number of sulfonamides is 1. The van der Waals surface area contributed by atoms with Gasteiger partial charge in [-0.15, -0.1) is 11.3 Å². The molecule has 1 aromatic heterocycles. The molecule has 2 rings (SSSR count). The van der Waals surface area contributed by atoms with Gasteiger partial charge in [-0.2, -0.15) is 0 Å². The van der Waals surface area contributed by atoms with Crippen LogP contribution >= 0.6 is 11.3 Å². The number of thiazole rings is 1. The summed E-state index contributed by atoms with van der Waals surface area (Å²) in [7, 11) is -2.02. The minimum atomic E-state index is -3.70. The van der Waals surface area contributed by atoms with Gasteiger partial charge in [-0.3, -0.25) is 4.99 Å². The molecular formula is C15H21N5O2S2. The van der Waals surface area contributed by atoms with Crippen LogP contribution in [0.5, 0.6) is 0 Å². The zero-order chi connectivity index (χ0) is 17.7. The van der Waals surface area contributed by atoms with Gasteiger partial charge in [-0.1, -0.05) is 12.1 Å². The molecule has 1 heterocycles. The van der Waals surface area contributed by atoms with E-state index in [2.05, 4.69) is 20.6 Å². The summed E-state index contributed by atoms with van der Waals surface area (Å²) in [5.74, 6) is 0.626. The normalized spacial score (nSPS) is 12.2. The smallest absolute Gasteiger partial charge is 0.238 e. The highest BCUT2D eigenvalue weighted by atomic mass is 32.2. The van der Waals surface area contributed by atoms with Gasteiger partial charge in [0.25, 0.3) is 0 Å². The van der Waals surface area contributed by atoms with Crippen molar-refractivity contribution in [3.8, 4) is 0 Å². The van der Waals surface area contributed by atoms with Gasteiger partial charge in [0.05, 0.1) is 22.1 Å². The van der Waals surface area contributed by atoms with Crippen molar-refractivity contribution in [2.24, 2.45) is 10.1 Å². The standard InChI is InChI=1S/C15H21N5O2S2/c1-10-14(23-11(2)20-10)9-19-15(17-3)18-8-12-5-4-6-13(7-12)24(16,21)22/h4-7H,8-9H2,1-3H3,(H2,16,21,22)(H2,17,18,19). The highest BCUT2D eigenvalue weighted by Gasteiger charge is 2.09. The second kappa shape index (κ2) is 7.73. The number of aryl methyl sites for hydroxylation is 2. The molecule has 0 unspecified atom stereocenters. The summed E-state index contributed by atoms with van der Waals surface area (Å²) < 4.78 is 22.8. The van der Waals surface area contributed by atoms with Crippen molar-refractivity contribution in [3.05, 3.63) is 45.4 Å². The second-order valence-corrected chi connectivity index (χ2v) is 8.06. The summed E-state index contributed by atoms with van der Waals surface area (Å²) in [6, 6.07) is 6.51. The minimum Gasteiger partial charge on any atom is -0.352 e. The fraction of sp³-hybridized carbons (Fsp3) is 0.333. The monoisotopic (exact) mass is 367 g/mol. The van der Waals surface area contributed by atoms with E-state index in [0.717, 1.165) is 21.1 Å². The molecule has 0 amide bonds. The molecule has 2 aromatic rings. The van der Waals surface area contributed by atoms with Crippen LogP contribution < -0.4 is 15.8 Å². The second-order valence-electron chi connectivity index (χ2n) is 5.21. The average molecular weight is 368 g/mol. The lowest BCUT2D eigenvalue weighted by Crippen LogP contribution is -2.36. The van der Waals surface area contributed by atoms with Crippen molar-refractivity contribution in [1.29, 1.82) is 0 Å². The number of aromatic nitrogens is 1. The van der Waals surface area contributed by atoms with Gasteiger partial charge in [0, 0.05) is 18.5 Å². The van der Waals surface area contributed by atoms with E-state index in [-0.39, 0.29) is 4.90 Å². The molecule has 0 spiro atoms. The van der Waals surface area contributed by atoms with Gasteiger partial charge in [-0.25, -0.2) is 18.5 Å². The Labute approximate surface area is 146 Å². The number of rotatable bonds is 5.